The smallest absolute Gasteiger partial charge is 0.257 e. The summed E-state index contributed by atoms with van der Waals surface area (Å²) in [5.41, 5.74) is 1.26. The van der Waals surface area contributed by atoms with Crippen LogP contribution in [-0.2, 0) is 0 Å². The molecule has 138 valence electrons. The molecule has 0 fully saturated rings. The SMILES string of the molecule is CCN(C(=S)NC(=O)c1cc(OC)c(OC)c(OC)c1)c1ccccc1. The Morgan fingerprint density at radius 2 is 1.62 bits per heavy atom. The van der Waals surface area contributed by atoms with Crippen LogP contribution in [0.25, 0.3) is 0 Å². The Bertz CT molecular complexity index is 755. The molecular weight excluding hydrogens is 352 g/mol. The monoisotopic (exact) mass is 374 g/mol. The molecule has 2 aromatic carbocycles. The topological polar surface area (TPSA) is 60.0 Å². The Morgan fingerprint density at radius 3 is 2.08 bits per heavy atom. The van der Waals surface area contributed by atoms with Gasteiger partial charge in [0.1, 0.15) is 0 Å². The van der Waals surface area contributed by atoms with Crippen LogP contribution in [0.5, 0.6) is 17.2 Å². The second-order valence-electron chi connectivity index (χ2n) is 5.25. The summed E-state index contributed by atoms with van der Waals surface area (Å²) in [7, 11) is 4.50. The van der Waals surface area contributed by atoms with Crippen molar-refractivity contribution in [2.24, 2.45) is 0 Å². The third-order valence-electron chi connectivity index (χ3n) is 3.78. The highest BCUT2D eigenvalue weighted by atomic mass is 32.1. The molecule has 0 aromatic heterocycles. The first kappa shape index (κ1) is 19.5. The molecule has 2 aromatic rings. The third-order valence-corrected chi connectivity index (χ3v) is 4.10. The second-order valence-corrected chi connectivity index (χ2v) is 5.64. The van der Waals surface area contributed by atoms with Gasteiger partial charge in [0.15, 0.2) is 16.6 Å². The predicted octanol–water partition coefficient (Wildman–Crippen LogP) is 3.25. The summed E-state index contributed by atoms with van der Waals surface area (Å²) in [6, 6.07) is 12.8. The van der Waals surface area contributed by atoms with Crippen LogP contribution in [0, 0.1) is 0 Å². The van der Waals surface area contributed by atoms with Crippen molar-refractivity contribution in [2.45, 2.75) is 6.92 Å². The Kier molecular flexibility index (Phi) is 6.80. The second kappa shape index (κ2) is 9.05. The summed E-state index contributed by atoms with van der Waals surface area (Å²) >= 11 is 5.41. The molecule has 0 unspecified atom stereocenters. The van der Waals surface area contributed by atoms with E-state index < -0.39 is 0 Å². The van der Waals surface area contributed by atoms with E-state index in [1.165, 1.54) is 21.3 Å². The minimum atomic E-state index is -0.358. The van der Waals surface area contributed by atoms with Crippen molar-refractivity contribution in [1.82, 2.24) is 5.32 Å². The number of hydrogen-bond donors (Lipinski definition) is 1. The lowest BCUT2D eigenvalue weighted by molar-refractivity contribution is 0.0976. The molecule has 0 aliphatic heterocycles. The van der Waals surface area contributed by atoms with Gasteiger partial charge in [-0.05, 0) is 43.4 Å². The van der Waals surface area contributed by atoms with Gasteiger partial charge < -0.3 is 19.1 Å². The van der Waals surface area contributed by atoms with Gasteiger partial charge in [-0.2, -0.15) is 0 Å². The van der Waals surface area contributed by atoms with Crippen molar-refractivity contribution >= 4 is 28.9 Å². The van der Waals surface area contributed by atoms with E-state index in [9.17, 15) is 4.79 Å². The molecule has 7 heteroatoms. The Labute approximate surface area is 158 Å². The fourth-order valence-electron chi connectivity index (χ4n) is 2.50. The van der Waals surface area contributed by atoms with Crippen LogP contribution in [-0.4, -0.2) is 38.9 Å². The molecule has 0 atom stereocenters. The number of anilines is 1. The molecule has 0 saturated carbocycles. The number of carbonyl (C=O) groups excluding carboxylic acids is 1. The first-order valence-electron chi connectivity index (χ1n) is 8.03. The quantitative estimate of drug-likeness (QED) is 0.784. The average molecular weight is 374 g/mol. The zero-order chi connectivity index (χ0) is 19.1. The number of nitrogens with one attached hydrogen (secondary N) is 1. The van der Waals surface area contributed by atoms with E-state index in [1.807, 2.05) is 42.2 Å². The summed E-state index contributed by atoms with van der Waals surface area (Å²) in [5, 5.41) is 3.07. The number of amides is 1. The van der Waals surface area contributed by atoms with E-state index in [1.54, 1.807) is 12.1 Å². The van der Waals surface area contributed by atoms with Gasteiger partial charge in [0.2, 0.25) is 5.75 Å². The van der Waals surface area contributed by atoms with E-state index in [-0.39, 0.29) is 5.91 Å². The lowest BCUT2D eigenvalue weighted by Crippen LogP contribution is -2.42. The summed E-state index contributed by atoms with van der Waals surface area (Å²) in [4.78, 5) is 14.5. The number of thiocarbonyl (C=S) groups is 1. The zero-order valence-electron chi connectivity index (χ0n) is 15.2. The minimum absolute atomic E-state index is 0.317. The Hall–Kier alpha value is -2.80. The van der Waals surface area contributed by atoms with Crippen molar-refractivity contribution in [2.75, 3.05) is 32.8 Å². The molecule has 0 radical (unpaired) electrons. The van der Waals surface area contributed by atoms with Gasteiger partial charge in [-0.1, -0.05) is 18.2 Å². The van der Waals surface area contributed by atoms with Gasteiger partial charge in [-0.3, -0.25) is 10.1 Å². The Morgan fingerprint density at radius 1 is 1.04 bits per heavy atom. The number of para-hydroxylation sites is 1. The molecular formula is C19H22N2O4S. The van der Waals surface area contributed by atoms with Crippen molar-refractivity contribution in [3.05, 3.63) is 48.0 Å². The van der Waals surface area contributed by atoms with Crippen LogP contribution in [0.15, 0.2) is 42.5 Å². The molecule has 1 N–H and O–H groups in total. The summed E-state index contributed by atoms with van der Waals surface area (Å²) in [6.07, 6.45) is 0. The first-order chi connectivity index (χ1) is 12.5. The number of rotatable bonds is 6. The minimum Gasteiger partial charge on any atom is -0.493 e. The standard InChI is InChI=1S/C19H22N2O4S/c1-5-21(14-9-7-6-8-10-14)19(26)20-18(22)13-11-15(23-2)17(25-4)16(12-13)24-3/h6-12H,5H2,1-4H3,(H,20,22,26). The fourth-order valence-corrected chi connectivity index (χ4v) is 2.83. The van der Waals surface area contributed by atoms with Gasteiger partial charge in [-0.15, -0.1) is 0 Å². The number of benzene rings is 2. The van der Waals surface area contributed by atoms with E-state index in [0.29, 0.717) is 34.5 Å². The van der Waals surface area contributed by atoms with Gasteiger partial charge in [0.05, 0.1) is 21.3 Å². The number of hydrogen-bond acceptors (Lipinski definition) is 5. The highest BCUT2D eigenvalue weighted by Gasteiger charge is 2.19. The molecule has 0 bridgehead atoms. The van der Waals surface area contributed by atoms with Gasteiger partial charge >= 0.3 is 0 Å². The van der Waals surface area contributed by atoms with Gasteiger partial charge in [0, 0.05) is 17.8 Å². The first-order valence-corrected chi connectivity index (χ1v) is 8.44. The normalized spacial score (nSPS) is 10.0. The van der Waals surface area contributed by atoms with Crippen LogP contribution in [0.3, 0.4) is 0 Å². The van der Waals surface area contributed by atoms with Crippen LogP contribution < -0.4 is 24.4 Å². The number of nitrogens with zero attached hydrogens (tertiary/aromatic N) is 1. The summed E-state index contributed by atoms with van der Waals surface area (Å²) in [6.45, 7) is 2.59. The van der Waals surface area contributed by atoms with E-state index in [4.69, 9.17) is 26.4 Å². The lowest BCUT2D eigenvalue weighted by Gasteiger charge is -2.24. The number of methoxy groups -OCH3 is 3. The van der Waals surface area contributed by atoms with E-state index in [2.05, 4.69) is 5.32 Å². The molecule has 0 heterocycles. The number of carbonyl (C=O) groups is 1. The predicted molar refractivity (Wildman–Crippen MR) is 106 cm³/mol. The van der Waals surface area contributed by atoms with Crippen molar-refractivity contribution < 1.29 is 19.0 Å². The van der Waals surface area contributed by atoms with Crippen LogP contribution in [0.1, 0.15) is 17.3 Å². The Balaban J connectivity index is 2.25. The van der Waals surface area contributed by atoms with Crippen molar-refractivity contribution in [1.29, 1.82) is 0 Å². The van der Waals surface area contributed by atoms with Gasteiger partial charge in [-0.25, -0.2) is 0 Å². The molecule has 0 aliphatic carbocycles. The molecule has 0 saturated heterocycles. The van der Waals surface area contributed by atoms with Crippen LogP contribution >= 0.6 is 12.2 Å². The average Bonchev–Trinajstić information content (AvgIpc) is 2.67. The van der Waals surface area contributed by atoms with Crippen LogP contribution in [0.4, 0.5) is 5.69 Å². The number of ether oxygens (including phenoxy) is 3. The van der Waals surface area contributed by atoms with Crippen LogP contribution in [0.2, 0.25) is 0 Å². The maximum absolute atomic E-state index is 12.7. The third kappa shape index (κ3) is 4.23. The molecule has 2 rings (SSSR count). The van der Waals surface area contributed by atoms with Crippen molar-refractivity contribution in [3.63, 3.8) is 0 Å². The van der Waals surface area contributed by atoms with Crippen molar-refractivity contribution in [3.8, 4) is 17.2 Å². The highest BCUT2D eigenvalue weighted by Crippen LogP contribution is 2.38. The van der Waals surface area contributed by atoms with Gasteiger partial charge in [0.25, 0.3) is 5.91 Å². The molecule has 26 heavy (non-hydrogen) atoms. The maximum Gasteiger partial charge on any atom is 0.257 e. The maximum atomic E-state index is 12.7. The summed E-state index contributed by atoms with van der Waals surface area (Å²) in [5.74, 6) is 0.869. The molecule has 0 spiro atoms. The summed E-state index contributed by atoms with van der Waals surface area (Å²) < 4.78 is 15.8. The fraction of sp³-hybridized carbons (Fsp3) is 0.263. The molecule has 1 amide bonds. The van der Waals surface area contributed by atoms with E-state index in [0.717, 1.165) is 5.69 Å². The largest absolute Gasteiger partial charge is 0.493 e. The highest BCUT2D eigenvalue weighted by molar-refractivity contribution is 7.80. The molecule has 6 nitrogen and oxygen atoms in total. The van der Waals surface area contributed by atoms with E-state index >= 15 is 0 Å². The zero-order valence-corrected chi connectivity index (χ0v) is 16.1. The molecule has 0 aliphatic rings. The lowest BCUT2D eigenvalue weighted by atomic mass is 10.1.